The highest BCUT2D eigenvalue weighted by Gasteiger charge is 2.37. The summed E-state index contributed by atoms with van der Waals surface area (Å²) in [5.74, 6) is 0.687. The van der Waals surface area contributed by atoms with Crippen LogP contribution in [-0.2, 0) is 13.6 Å². The topological polar surface area (TPSA) is 52.6 Å². The zero-order valence-electron chi connectivity index (χ0n) is 12.9. The van der Waals surface area contributed by atoms with Crippen molar-refractivity contribution in [1.82, 2.24) is 0 Å². The predicted molar refractivity (Wildman–Crippen MR) is 83.9 cm³/mol. The number of ketones is 1. The van der Waals surface area contributed by atoms with Gasteiger partial charge in [0.15, 0.2) is 5.78 Å². The predicted octanol–water partition coefficient (Wildman–Crippen LogP) is 4.31. The minimum absolute atomic E-state index is 0.0102. The van der Waals surface area contributed by atoms with Crippen molar-refractivity contribution in [3.8, 4) is 0 Å². The van der Waals surface area contributed by atoms with Gasteiger partial charge in [-0.05, 0) is 43.5 Å². The van der Waals surface area contributed by atoms with E-state index in [0.717, 1.165) is 17.6 Å². The van der Waals surface area contributed by atoms with E-state index in [1.807, 2.05) is 13.8 Å². The van der Waals surface area contributed by atoms with Crippen LogP contribution in [0.5, 0.6) is 0 Å². The molecule has 0 aromatic heterocycles. The molecule has 0 bridgehead atoms. The number of hydrogen-bond donors (Lipinski definition) is 0. The van der Waals surface area contributed by atoms with Gasteiger partial charge in [0.05, 0.1) is 11.9 Å². The quantitative estimate of drug-likeness (QED) is 0.601. The van der Waals surface area contributed by atoms with Crippen LogP contribution in [0.4, 0.5) is 0 Å². The van der Waals surface area contributed by atoms with E-state index in [0.29, 0.717) is 29.7 Å². The van der Waals surface area contributed by atoms with Crippen molar-refractivity contribution in [3.63, 3.8) is 0 Å². The number of carbonyl (C=O) groups is 1. The second-order valence-corrected chi connectivity index (χ2v) is 6.82. The van der Waals surface area contributed by atoms with Gasteiger partial charge in [0.2, 0.25) is 0 Å². The minimum Gasteiger partial charge on any atom is -0.425 e. The summed E-state index contributed by atoms with van der Waals surface area (Å²) in [6, 6.07) is 5.19. The van der Waals surface area contributed by atoms with E-state index >= 15 is 0 Å². The summed E-state index contributed by atoms with van der Waals surface area (Å²) < 4.78 is 24.2. The van der Waals surface area contributed by atoms with E-state index in [2.05, 4.69) is 0 Å². The first-order valence-electron chi connectivity index (χ1n) is 7.28. The number of hydrogen-bond acceptors (Lipinski definition) is 4. The number of allylic oxidation sites excluding steroid dienone is 2. The molecule has 0 fully saturated rings. The van der Waals surface area contributed by atoms with Gasteiger partial charge in [0.1, 0.15) is 5.76 Å². The van der Waals surface area contributed by atoms with Crippen molar-refractivity contribution in [2.45, 2.75) is 40.5 Å². The molecule has 0 saturated heterocycles. The van der Waals surface area contributed by atoms with Crippen LogP contribution in [0.25, 0.3) is 5.57 Å². The first kappa shape index (κ1) is 16.0. The van der Waals surface area contributed by atoms with Gasteiger partial charge in [-0.2, -0.15) is 0 Å². The molecular formula is C16H21O4P. The summed E-state index contributed by atoms with van der Waals surface area (Å²) in [4.78, 5) is 11.6. The van der Waals surface area contributed by atoms with Crippen molar-refractivity contribution < 1.29 is 18.4 Å². The Morgan fingerprint density at radius 2 is 1.95 bits per heavy atom. The van der Waals surface area contributed by atoms with E-state index in [4.69, 9.17) is 9.05 Å². The van der Waals surface area contributed by atoms with E-state index < -0.39 is 7.60 Å². The maximum atomic E-state index is 13.0. The zero-order valence-corrected chi connectivity index (χ0v) is 13.8. The SMILES string of the molecule is CCOP1(=O)OC(CC)=C(CC)c2cc(C(C)=O)ccc21. The van der Waals surface area contributed by atoms with Crippen LogP contribution >= 0.6 is 7.60 Å². The van der Waals surface area contributed by atoms with Crippen LogP contribution in [-0.4, -0.2) is 12.4 Å². The maximum absolute atomic E-state index is 13.0. The fraction of sp³-hybridized carbons (Fsp3) is 0.438. The Labute approximate surface area is 125 Å². The highest BCUT2D eigenvalue weighted by Crippen LogP contribution is 2.55. The lowest BCUT2D eigenvalue weighted by Crippen LogP contribution is -2.21. The molecule has 5 heteroatoms. The largest absolute Gasteiger partial charge is 0.425 e. The molecule has 2 rings (SSSR count). The number of benzene rings is 1. The average molecular weight is 308 g/mol. The Morgan fingerprint density at radius 1 is 1.24 bits per heavy atom. The molecule has 1 aliphatic heterocycles. The molecule has 1 atom stereocenters. The molecule has 1 aromatic rings. The van der Waals surface area contributed by atoms with Crippen LogP contribution in [0.2, 0.25) is 0 Å². The minimum atomic E-state index is -3.35. The first-order chi connectivity index (χ1) is 9.96. The summed E-state index contributed by atoms with van der Waals surface area (Å²) in [6.07, 6.45) is 1.40. The molecule has 21 heavy (non-hydrogen) atoms. The second kappa shape index (κ2) is 6.17. The van der Waals surface area contributed by atoms with Crippen molar-refractivity contribution in [1.29, 1.82) is 0 Å². The van der Waals surface area contributed by atoms with Gasteiger partial charge in [0, 0.05) is 12.0 Å². The molecule has 1 heterocycles. The molecule has 0 aliphatic carbocycles. The van der Waals surface area contributed by atoms with Crippen molar-refractivity contribution >= 4 is 24.3 Å². The normalized spacial score (nSPS) is 21.0. The summed E-state index contributed by atoms with van der Waals surface area (Å²) >= 11 is 0. The van der Waals surface area contributed by atoms with E-state index in [1.54, 1.807) is 25.1 Å². The number of Topliss-reactive ketones (excluding diaryl/α,β-unsaturated/α-hetero) is 1. The summed E-state index contributed by atoms with van der Waals surface area (Å²) in [5.41, 5.74) is 2.44. The molecule has 4 nitrogen and oxygen atoms in total. The lowest BCUT2D eigenvalue weighted by molar-refractivity contribution is 0.101. The Hall–Kier alpha value is -1.38. The number of carbonyl (C=O) groups excluding carboxylic acids is 1. The molecule has 0 spiro atoms. The Morgan fingerprint density at radius 3 is 2.48 bits per heavy atom. The first-order valence-corrected chi connectivity index (χ1v) is 8.83. The summed E-state index contributed by atoms with van der Waals surface area (Å²) in [6.45, 7) is 7.61. The summed E-state index contributed by atoms with van der Waals surface area (Å²) in [7, 11) is -3.35. The lowest BCUT2D eigenvalue weighted by Gasteiger charge is -2.29. The maximum Gasteiger partial charge on any atom is 0.411 e. The number of fused-ring (bicyclic) bond motifs is 1. The third kappa shape index (κ3) is 2.83. The Bertz CT molecular complexity index is 646. The van der Waals surface area contributed by atoms with Crippen LogP contribution in [0.15, 0.2) is 24.0 Å². The van der Waals surface area contributed by atoms with Gasteiger partial charge in [0.25, 0.3) is 0 Å². The van der Waals surface area contributed by atoms with Gasteiger partial charge in [-0.3, -0.25) is 9.32 Å². The molecule has 0 amide bonds. The van der Waals surface area contributed by atoms with Crippen LogP contribution in [0.1, 0.15) is 56.5 Å². The standard InChI is InChI=1S/C16H21O4P/c1-5-13-14-10-12(11(4)17)8-9-16(14)21(18,19-7-3)20-15(13)6-2/h8-10H,5-7H2,1-4H3. The highest BCUT2D eigenvalue weighted by atomic mass is 31.2. The molecule has 1 aromatic carbocycles. The van der Waals surface area contributed by atoms with Gasteiger partial charge in [-0.25, -0.2) is 4.57 Å². The average Bonchev–Trinajstić information content (AvgIpc) is 2.46. The zero-order chi connectivity index (χ0) is 15.6. The van der Waals surface area contributed by atoms with Crippen LogP contribution < -0.4 is 5.30 Å². The molecule has 0 saturated carbocycles. The number of rotatable bonds is 5. The third-order valence-electron chi connectivity index (χ3n) is 3.56. The fourth-order valence-electron chi connectivity index (χ4n) is 2.57. The molecule has 1 unspecified atom stereocenters. The fourth-order valence-corrected chi connectivity index (χ4v) is 4.48. The van der Waals surface area contributed by atoms with E-state index in [-0.39, 0.29) is 5.78 Å². The van der Waals surface area contributed by atoms with Crippen molar-refractivity contribution in [2.75, 3.05) is 6.61 Å². The Kier molecular flexibility index (Phi) is 4.70. The lowest BCUT2D eigenvalue weighted by atomic mass is 9.98. The molecule has 114 valence electrons. The van der Waals surface area contributed by atoms with Gasteiger partial charge < -0.3 is 4.52 Å². The van der Waals surface area contributed by atoms with Gasteiger partial charge >= 0.3 is 7.60 Å². The van der Waals surface area contributed by atoms with Crippen molar-refractivity contribution in [3.05, 3.63) is 35.1 Å². The van der Waals surface area contributed by atoms with E-state index in [1.165, 1.54) is 6.92 Å². The van der Waals surface area contributed by atoms with Gasteiger partial charge in [-0.1, -0.05) is 19.9 Å². The van der Waals surface area contributed by atoms with Crippen LogP contribution in [0, 0.1) is 0 Å². The molecule has 0 N–H and O–H groups in total. The molecule has 0 radical (unpaired) electrons. The Balaban J connectivity index is 2.71. The molecule has 1 aliphatic rings. The smallest absolute Gasteiger partial charge is 0.411 e. The van der Waals surface area contributed by atoms with Crippen LogP contribution in [0.3, 0.4) is 0 Å². The highest BCUT2D eigenvalue weighted by molar-refractivity contribution is 7.62. The second-order valence-electron chi connectivity index (χ2n) is 4.90. The van der Waals surface area contributed by atoms with E-state index in [9.17, 15) is 9.36 Å². The third-order valence-corrected chi connectivity index (χ3v) is 5.60. The summed E-state index contributed by atoms with van der Waals surface area (Å²) in [5, 5.41) is 0.559. The monoisotopic (exact) mass is 308 g/mol. The van der Waals surface area contributed by atoms with Crippen molar-refractivity contribution in [2.24, 2.45) is 0 Å². The molecular weight excluding hydrogens is 287 g/mol. The van der Waals surface area contributed by atoms with Gasteiger partial charge in [-0.15, -0.1) is 0 Å².